The predicted octanol–water partition coefficient (Wildman–Crippen LogP) is 1.64. The molecule has 2 rings (SSSR count). The van der Waals surface area contributed by atoms with Gasteiger partial charge in [-0.2, -0.15) is 0 Å². The molecule has 2 aromatic rings. The number of benzene rings is 2. The van der Waals surface area contributed by atoms with Crippen molar-refractivity contribution in [2.75, 3.05) is 5.32 Å². The van der Waals surface area contributed by atoms with Gasteiger partial charge >= 0.3 is 7.12 Å². The van der Waals surface area contributed by atoms with Crippen LogP contribution in [0, 0.1) is 0 Å². The normalized spacial score (nSPS) is 9.20. The molecular weight excluding hydrogens is 253 g/mol. The number of anilines is 1. The molecule has 0 heterocycles. The molecule has 2 aromatic carbocycles. The first-order chi connectivity index (χ1) is 9.66. The standard InChI is InChI=1S/C13H12BNO3.C2H6/c16-13(10-4-2-1-3-5-10)15-12-8-6-11(7-9-12)14(17)18;1-2/h1-9,17-18H,(H,15,16);1-2H3. The molecule has 1 amide bonds. The number of carbonyl (C=O) groups is 1. The summed E-state index contributed by atoms with van der Waals surface area (Å²) in [5.74, 6) is -0.201. The van der Waals surface area contributed by atoms with Crippen LogP contribution < -0.4 is 10.8 Å². The van der Waals surface area contributed by atoms with Gasteiger partial charge in [-0.1, -0.05) is 44.2 Å². The van der Waals surface area contributed by atoms with Crippen molar-refractivity contribution in [1.82, 2.24) is 0 Å². The van der Waals surface area contributed by atoms with E-state index in [2.05, 4.69) is 5.32 Å². The molecule has 0 saturated carbocycles. The fourth-order valence-electron chi connectivity index (χ4n) is 1.53. The Labute approximate surface area is 119 Å². The number of hydrogen-bond acceptors (Lipinski definition) is 3. The SMILES string of the molecule is CC.O=C(Nc1ccc(B(O)O)cc1)c1ccccc1. The number of carbonyl (C=O) groups excluding carboxylic acids is 1. The Balaban J connectivity index is 0.000000956. The van der Waals surface area contributed by atoms with Crippen LogP contribution in [-0.4, -0.2) is 23.1 Å². The Bertz CT molecular complexity index is 527. The molecule has 0 aromatic heterocycles. The van der Waals surface area contributed by atoms with E-state index < -0.39 is 7.12 Å². The molecule has 0 atom stereocenters. The van der Waals surface area contributed by atoms with Crippen LogP contribution in [-0.2, 0) is 0 Å². The van der Waals surface area contributed by atoms with Crippen LogP contribution in [0.2, 0.25) is 0 Å². The molecule has 5 heteroatoms. The first-order valence-electron chi connectivity index (χ1n) is 6.49. The lowest BCUT2D eigenvalue weighted by Crippen LogP contribution is -2.29. The fraction of sp³-hybridized carbons (Fsp3) is 0.133. The topological polar surface area (TPSA) is 69.6 Å². The number of hydrogen-bond donors (Lipinski definition) is 3. The summed E-state index contributed by atoms with van der Waals surface area (Å²) in [6.07, 6.45) is 0. The second-order valence-electron chi connectivity index (χ2n) is 3.82. The lowest BCUT2D eigenvalue weighted by Gasteiger charge is -2.06. The summed E-state index contributed by atoms with van der Waals surface area (Å²) in [5.41, 5.74) is 1.56. The Kier molecular flexibility index (Phi) is 6.49. The summed E-state index contributed by atoms with van der Waals surface area (Å²) >= 11 is 0. The zero-order chi connectivity index (χ0) is 15.0. The maximum absolute atomic E-state index is 11.8. The van der Waals surface area contributed by atoms with E-state index in [4.69, 9.17) is 10.0 Å². The summed E-state index contributed by atoms with van der Waals surface area (Å²) in [4.78, 5) is 11.8. The van der Waals surface area contributed by atoms with E-state index in [-0.39, 0.29) is 5.91 Å². The van der Waals surface area contributed by atoms with Crippen LogP contribution >= 0.6 is 0 Å². The molecule has 0 aliphatic heterocycles. The third kappa shape index (κ3) is 4.53. The third-order valence-corrected chi connectivity index (χ3v) is 2.50. The molecule has 0 aliphatic rings. The van der Waals surface area contributed by atoms with Crippen molar-refractivity contribution < 1.29 is 14.8 Å². The first-order valence-corrected chi connectivity index (χ1v) is 6.49. The van der Waals surface area contributed by atoms with Crippen LogP contribution in [0.5, 0.6) is 0 Å². The Hall–Kier alpha value is -2.11. The Morgan fingerprint density at radius 2 is 1.50 bits per heavy atom. The first kappa shape index (κ1) is 16.0. The molecule has 0 spiro atoms. The highest BCUT2D eigenvalue weighted by Gasteiger charge is 2.10. The highest BCUT2D eigenvalue weighted by molar-refractivity contribution is 6.58. The molecular formula is C15H18BNO3. The zero-order valence-corrected chi connectivity index (χ0v) is 11.6. The quantitative estimate of drug-likeness (QED) is 0.743. The van der Waals surface area contributed by atoms with Crippen molar-refractivity contribution in [1.29, 1.82) is 0 Å². The molecule has 4 nitrogen and oxygen atoms in total. The van der Waals surface area contributed by atoms with Gasteiger partial charge in [-0.3, -0.25) is 4.79 Å². The minimum atomic E-state index is -1.50. The van der Waals surface area contributed by atoms with Crippen LogP contribution in [0.1, 0.15) is 24.2 Å². The van der Waals surface area contributed by atoms with Crippen molar-refractivity contribution in [3.05, 3.63) is 60.2 Å². The summed E-state index contributed by atoms with van der Waals surface area (Å²) in [7, 11) is -1.50. The monoisotopic (exact) mass is 271 g/mol. The largest absolute Gasteiger partial charge is 0.488 e. The highest BCUT2D eigenvalue weighted by atomic mass is 16.4. The van der Waals surface area contributed by atoms with E-state index in [1.807, 2.05) is 19.9 Å². The molecule has 0 unspecified atom stereocenters. The summed E-state index contributed by atoms with van der Waals surface area (Å²) in [6, 6.07) is 15.2. The minimum absolute atomic E-state index is 0.201. The van der Waals surface area contributed by atoms with Gasteiger partial charge in [-0.05, 0) is 29.7 Å². The maximum atomic E-state index is 11.8. The van der Waals surface area contributed by atoms with Gasteiger partial charge in [0.15, 0.2) is 0 Å². The molecule has 0 saturated heterocycles. The predicted molar refractivity (Wildman–Crippen MR) is 82.0 cm³/mol. The number of nitrogens with one attached hydrogen (secondary N) is 1. The molecule has 3 N–H and O–H groups in total. The molecule has 0 bridgehead atoms. The fourth-order valence-corrected chi connectivity index (χ4v) is 1.53. The molecule has 0 aliphatic carbocycles. The van der Waals surface area contributed by atoms with E-state index in [0.717, 1.165) is 0 Å². The van der Waals surface area contributed by atoms with Crippen LogP contribution in [0.3, 0.4) is 0 Å². The van der Waals surface area contributed by atoms with Gasteiger partial charge in [0.25, 0.3) is 5.91 Å². The zero-order valence-electron chi connectivity index (χ0n) is 11.6. The average molecular weight is 271 g/mol. The van der Waals surface area contributed by atoms with Gasteiger partial charge in [0.2, 0.25) is 0 Å². The molecule has 0 radical (unpaired) electrons. The van der Waals surface area contributed by atoms with Crippen molar-refractivity contribution in [3.8, 4) is 0 Å². The van der Waals surface area contributed by atoms with Crippen molar-refractivity contribution in [2.24, 2.45) is 0 Å². The summed E-state index contributed by atoms with van der Waals surface area (Å²) < 4.78 is 0. The Morgan fingerprint density at radius 3 is 2.00 bits per heavy atom. The lowest BCUT2D eigenvalue weighted by atomic mass is 9.80. The van der Waals surface area contributed by atoms with Crippen LogP contribution in [0.15, 0.2) is 54.6 Å². The average Bonchev–Trinajstić information content (AvgIpc) is 2.50. The van der Waals surface area contributed by atoms with E-state index >= 15 is 0 Å². The molecule has 104 valence electrons. The van der Waals surface area contributed by atoms with Crippen molar-refractivity contribution in [3.63, 3.8) is 0 Å². The number of amides is 1. The second-order valence-corrected chi connectivity index (χ2v) is 3.82. The van der Waals surface area contributed by atoms with E-state index in [9.17, 15) is 4.79 Å². The summed E-state index contributed by atoms with van der Waals surface area (Å²) in [5, 5.41) is 20.6. The lowest BCUT2D eigenvalue weighted by molar-refractivity contribution is 0.102. The third-order valence-electron chi connectivity index (χ3n) is 2.50. The summed E-state index contributed by atoms with van der Waals surface area (Å²) in [6.45, 7) is 4.00. The van der Waals surface area contributed by atoms with Gasteiger partial charge in [0.1, 0.15) is 0 Å². The number of rotatable bonds is 3. The van der Waals surface area contributed by atoms with Gasteiger partial charge in [0, 0.05) is 11.3 Å². The molecule has 20 heavy (non-hydrogen) atoms. The highest BCUT2D eigenvalue weighted by Crippen LogP contribution is 2.07. The minimum Gasteiger partial charge on any atom is -0.423 e. The smallest absolute Gasteiger partial charge is 0.423 e. The van der Waals surface area contributed by atoms with Crippen molar-refractivity contribution in [2.45, 2.75) is 13.8 Å². The second kappa shape index (κ2) is 8.14. The van der Waals surface area contributed by atoms with E-state index in [1.54, 1.807) is 48.5 Å². The molecule has 0 fully saturated rings. The van der Waals surface area contributed by atoms with Crippen molar-refractivity contribution >= 4 is 24.2 Å². The van der Waals surface area contributed by atoms with E-state index in [0.29, 0.717) is 16.7 Å². The Morgan fingerprint density at radius 1 is 0.950 bits per heavy atom. The van der Waals surface area contributed by atoms with Crippen LogP contribution in [0.4, 0.5) is 5.69 Å². The maximum Gasteiger partial charge on any atom is 0.488 e. The van der Waals surface area contributed by atoms with Gasteiger partial charge in [0.05, 0.1) is 0 Å². The van der Waals surface area contributed by atoms with Gasteiger partial charge in [-0.25, -0.2) is 0 Å². The van der Waals surface area contributed by atoms with Crippen LogP contribution in [0.25, 0.3) is 0 Å². The van der Waals surface area contributed by atoms with Gasteiger partial charge < -0.3 is 15.4 Å². The van der Waals surface area contributed by atoms with Gasteiger partial charge in [-0.15, -0.1) is 0 Å². The van der Waals surface area contributed by atoms with E-state index in [1.165, 1.54) is 0 Å².